The zero-order valence-corrected chi connectivity index (χ0v) is 13.0. The quantitative estimate of drug-likeness (QED) is 0.501. The summed E-state index contributed by atoms with van der Waals surface area (Å²) in [6.07, 6.45) is 0. The lowest BCUT2D eigenvalue weighted by atomic mass is 10.0. The lowest BCUT2D eigenvalue weighted by Crippen LogP contribution is -2.34. The van der Waals surface area contributed by atoms with Crippen LogP contribution in [0.25, 0.3) is 0 Å². The summed E-state index contributed by atoms with van der Waals surface area (Å²) >= 11 is 0. The van der Waals surface area contributed by atoms with Gasteiger partial charge in [0.2, 0.25) is 10.0 Å². The number of anilines is 1. The highest BCUT2D eigenvalue weighted by atomic mass is 32.2. The van der Waals surface area contributed by atoms with E-state index in [1.165, 1.54) is 19.2 Å². The van der Waals surface area contributed by atoms with Crippen molar-refractivity contribution in [2.45, 2.75) is 24.8 Å². The van der Waals surface area contributed by atoms with Gasteiger partial charge in [0.25, 0.3) is 5.69 Å². The molecule has 0 heterocycles. The maximum Gasteiger partial charge on any atom is 0.326 e. The highest BCUT2D eigenvalue weighted by Gasteiger charge is 2.26. The predicted molar refractivity (Wildman–Crippen MR) is 79.2 cm³/mol. The lowest BCUT2D eigenvalue weighted by molar-refractivity contribution is -0.384. The maximum atomic E-state index is 11.7. The molecular formula is C12H17N3O6S. The Kier molecular flexibility index (Phi) is 5.44. The van der Waals surface area contributed by atoms with Crippen LogP contribution in [0.5, 0.6) is 0 Å². The third kappa shape index (κ3) is 3.92. The van der Waals surface area contributed by atoms with Crippen molar-refractivity contribution in [2.24, 2.45) is 5.92 Å². The minimum atomic E-state index is -3.83. The van der Waals surface area contributed by atoms with Crippen LogP contribution < -0.4 is 10.0 Å². The highest BCUT2D eigenvalue weighted by molar-refractivity contribution is 7.89. The van der Waals surface area contributed by atoms with E-state index in [-0.39, 0.29) is 16.5 Å². The number of nitro groups is 1. The van der Waals surface area contributed by atoms with Gasteiger partial charge in [-0.1, -0.05) is 13.8 Å². The molecule has 1 aromatic rings. The number of hydrogen-bond donors (Lipinski definition) is 3. The van der Waals surface area contributed by atoms with Gasteiger partial charge in [-0.2, -0.15) is 0 Å². The standard InChI is InChI=1S/C12H17N3O6S/c1-7(2)11(12(16)17)14-9-5-4-8(22(20,21)13-3)6-10(9)15(18)19/h4-7,11,13-14H,1-3H3,(H,16,17)/t11-/m1/s1. The fraction of sp³-hybridized carbons (Fsp3) is 0.417. The van der Waals surface area contributed by atoms with E-state index in [0.717, 1.165) is 6.07 Å². The summed E-state index contributed by atoms with van der Waals surface area (Å²) in [7, 11) is -2.64. The molecule has 1 atom stereocenters. The molecule has 0 unspecified atom stereocenters. The minimum Gasteiger partial charge on any atom is -0.480 e. The second kappa shape index (κ2) is 6.71. The number of nitrogens with one attached hydrogen (secondary N) is 2. The summed E-state index contributed by atoms with van der Waals surface area (Å²) in [6.45, 7) is 3.30. The Balaban J connectivity index is 3.32. The van der Waals surface area contributed by atoms with Crippen molar-refractivity contribution < 1.29 is 23.2 Å². The Morgan fingerprint density at radius 2 is 1.95 bits per heavy atom. The van der Waals surface area contributed by atoms with Crippen molar-refractivity contribution >= 4 is 27.4 Å². The van der Waals surface area contributed by atoms with Gasteiger partial charge in [-0.3, -0.25) is 10.1 Å². The molecule has 3 N–H and O–H groups in total. The molecule has 9 nitrogen and oxygen atoms in total. The molecule has 0 fully saturated rings. The second-order valence-electron chi connectivity index (χ2n) is 4.85. The van der Waals surface area contributed by atoms with E-state index in [9.17, 15) is 23.3 Å². The smallest absolute Gasteiger partial charge is 0.326 e. The number of benzene rings is 1. The van der Waals surface area contributed by atoms with Gasteiger partial charge in [-0.25, -0.2) is 17.9 Å². The number of sulfonamides is 1. The van der Waals surface area contributed by atoms with Gasteiger partial charge in [-0.15, -0.1) is 0 Å². The number of rotatable bonds is 7. The number of aliphatic carboxylic acids is 1. The van der Waals surface area contributed by atoms with Crippen LogP contribution in [0, 0.1) is 16.0 Å². The minimum absolute atomic E-state index is 0.0545. The molecule has 122 valence electrons. The second-order valence-corrected chi connectivity index (χ2v) is 6.73. The molecule has 0 aromatic heterocycles. The largest absolute Gasteiger partial charge is 0.480 e. The van der Waals surface area contributed by atoms with Crippen molar-refractivity contribution in [3.05, 3.63) is 28.3 Å². The molecule has 0 aliphatic heterocycles. The van der Waals surface area contributed by atoms with E-state index in [1.54, 1.807) is 13.8 Å². The molecule has 0 saturated carbocycles. The van der Waals surface area contributed by atoms with Crippen LogP contribution in [0.15, 0.2) is 23.1 Å². The Morgan fingerprint density at radius 1 is 1.36 bits per heavy atom. The lowest BCUT2D eigenvalue weighted by Gasteiger charge is -2.19. The molecule has 0 amide bonds. The molecule has 10 heteroatoms. The fourth-order valence-electron chi connectivity index (χ4n) is 1.75. The SMILES string of the molecule is CNS(=O)(=O)c1ccc(N[C@@H](C(=O)O)C(C)C)c([N+](=O)[O-])c1. The van der Waals surface area contributed by atoms with Crippen LogP contribution >= 0.6 is 0 Å². The zero-order chi connectivity index (χ0) is 17.1. The normalized spacial score (nSPS) is 12.9. The summed E-state index contributed by atoms with van der Waals surface area (Å²) in [5.41, 5.74) is -0.565. The molecule has 1 rings (SSSR count). The van der Waals surface area contributed by atoms with Crippen molar-refractivity contribution in [1.82, 2.24) is 4.72 Å². The summed E-state index contributed by atoms with van der Waals surface area (Å²) in [5, 5.41) is 22.8. The first kappa shape index (κ1) is 17.9. The van der Waals surface area contributed by atoms with Crippen LogP contribution in [0.3, 0.4) is 0 Å². The predicted octanol–water partition coefficient (Wildman–Crippen LogP) is 1.02. The molecule has 0 aliphatic rings. The van der Waals surface area contributed by atoms with E-state index in [0.29, 0.717) is 0 Å². The van der Waals surface area contributed by atoms with E-state index in [1.807, 2.05) is 0 Å². The van der Waals surface area contributed by atoms with E-state index >= 15 is 0 Å². The molecule has 0 aliphatic carbocycles. The van der Waals surface area contributed by atoms with Gasteiger partial charge in [0, 0.05) is 6.07 Å². The van der Waals surface area contributed by atoms with E-state index in [4.69, 9.17) is 5.11 Å². The first-order chi connectivity index (χ1) is 10.1. The van der Waals surface area contributed by atoms with Crippen molar-refractivity contribution in [3.63, 3.8) is 0 Å². The van der Waals surface area contributed by atoms with Gasteiger partial charge < -0.3 is 10.4 Å². The van der Waals surface area contributed by atoms with Gasteiger partial charge in [0.15, 0.2) is 0 Å². The summed E-state index contributed by atoms with van der Waals surface area (Å²) in [5.74, 6) is -1.48. The van der Waals surface area contributed by atoms with Crippen molar-refractivity contribution in [2.75, 3.05) is 12.4 Å². The van der Waals surface area contributed by atoms with Gasteiger partial charge in [-0.05, 0) is 25.1 Å². The van der Waals surface area contributed by atoms with Gasteiger partial charge in [0.1, 0.15) is 11.7 Å². The van der Waals surface area contributed by atoms with E-state index < -0.39 is 32.6 Å². The van der Waals surface area contributed by atoms with E-state index in [2.05, 4.69) is 10.0 Å². The third-order valence-electron chi connectivity index (χ3n) is 2.99. The molecule has 22 heavy (non-hydrogen) atoms. The summed E-state index contributed by atoms with van der Waals surface area (Å²) < 4.78 is 25.4. The number of nitrogens with zero attached hydrogens (tertiary/aromatic N) is 1. The fourth-order valence-corrected chi connectivity index (χ4v) is 2.50. The Morgan fingerprint density at radius 3 is 2.36 bits per heavy atom. The topological polar surface area (TPSA) is 139 Å². The first-order valence-electron chi connectivity index (χ1n) is 6.31. The molecule has 1 aromatic carbocycles. The number of carboxylic acids is 1. The molecular weight excluding hydrogens is 314 g/mol. The number of nitro benzene ring substituents is 1. The summed E-state index contributed by atoms with van der Waals surface area (Å²) in [6, 6.07) is 2.19. The van der Waals surface area contributed by atoms with Crippen LogP contribution in [-0.2, 0) is 14.8 Å². The monoisotopic (exact) mass is 331 g/mol. The molecule has 0 spiro atoms. The molecule has 0 saturated heterocycles. The molecule has 0 bridgehead atoms. The van der Waals surface area contributed by atoms with Crippen LogP contribution in [-0.4, -0.2) is 37.5 Å². The van der Waals surface area contributed by atoms with Crippen LogP contribution in [0.2, 0.25) is 0 Å². The van der Waals surface area contributed by atoms with Crippen LogP contribution in [0.4, 0.5) is 11.4 Å². The Labute approximate surface area is 127 Å². The first-order valence-corrected chi connectivity index (χ1v) is 7.79. The van der Waals surface area contributed by atoms with Crippen molar-refractivity contribution in [3.8, 4) is 0 Å². The van der Waals surface area contributed by atoms with Gasteiger partial charge in [0.05, 0.1) is 9.82 Å². The average molecular weight is 331 g/mol. The third-order valence-corrected chi connectivity index (χ3v) is 4.40. The highest BCUT2D eigenvalue weighted by Crippen LogP contribution is 2.29. The molecule has 0 radical (unpaired) electrons. The zero-order valence-electron chi connectivity index (χ0n) is 12.2. The Hall–Kier alpha value is -2.20. The average Bonchev–Trinajstić information content (AvgIpc) is 2.43. The van der Waals surface area contributed by atoms with Crippen molar-refractivity contribution in [1.29, 1.82) is 0 Å². The number of carbonyl (C=O) groups is 1. The van der Waals surface area contributed by atoms with Gasteiger partial charge >= 0.3 is 5.97 Å². The van der Waals surface area contributed by atoms with Crippen LogP contribution in [0.1, 0.15) is 13.8 Å². The number of hydrogen-bond acceptors (Lipinski definition) is 6. The Bertz CT molecular complexity index is 686. The summed E-state index contributed by atoms with van der Waals surface area (Å²) in [4.78, 5) is 21.2. The maximum absolute atomic E-state index is 11.7. The number of carboxylic acid groups (broad SMARTS) is 1.